The SMILES string of the molecule is COCCCCc1ccc(C)c(-n2cnc(C(=O)N(CC(C)C)[C@H]3C[C@@H](C(=O)N4CCOCC4)CN(C(=O)O)C3)c2)c1. The largest absolute Gasteiger partial charge is 0.465 e. The van der Waals surface area contributed by atoms with Crippen LogP contribution in [0.5, 0.6) is 0 Å². The Balaban J connectivity index is 1.55. The van der Waals surface area contributed by atoms with Crippen molar-refractivity contribution in [3.63, 3.8) is 0 Å². The molecule has 0 spiro atoms. The number of hydrogen-bond acceptors (Lipinski definition) is 6. The fourth-order valence-electron chi connectivity index (χ4n) is 5.84. The third kappa shape index (κ3) is 7.89. The lowest BCUT2D eigenvalue weighted by atomic mass is 9.91. The number of carboxylic acid groups (broad SMARTS) is 1. The molecule has 3 amide bonds. The first kappa shape index (κ1) is 31.5. The van der Waals surface area contributed by atoms with Crippen LogP contribution < -0.4 is 0 Å². The predicted octanol–water partition coefficient (Wildman–Crippen LogP) is 3.48. The summed E-state index contributed by atoms with van der Waals surface area (Å²) in [5, 5.41) is 9.90. The van der Waals surface area contributed by atoms with Gasteiger partial charge >= 0.3 is 6.09 Å². The van der Waals surface area contributed by atoms with E-state index in [9.17, 15) is 19.5 Å². The molecule has 2 aliphatic rings. The van der Waals surface area contributed by atoms with Crippen LogP contribution in [0.3, 0.4) is 0 Å². The van der Waals surface area contributed by atoms with E-state index in [0.29, 0.717) is 45.0 Å². The minimum atomic E-state index is -1.08. The molecule has 2 aliphatic heterocycles. The smallest absolute Gasteiger partial charge is 0.407 e. The number of nitrogens with zero attached hydrogens (tertiary/aromatic N) is 5. The Labute approximate surface area is 248 Å². The van der Waals surface area contributed by atoms with E-state index < -0.39 is 18.1 Å². The molecule has 42 heavy (non-hydrogen) atoms. The zero-order valence-electron chi connectivity index (χ0n) is 25.3. The highest BCUT2D eigenvalue weighted by molar-refractivity contribution is 5.92. The van der Waals surface area contributed by atoms with Gasteiger partial charge in [-0.05, 0) is 55.7 Å². The Morgan fingerprint density at radius 3 is 2.60 bits per heavy atom. The molecule has 2 atom stereocenters. The topological polar surface area (TPSA) is 117 Å². The first-order valence-electron chi connectivity index (χ1n) is 15.0. The molecule has 0 saturated carbocycles. The average Bonchev–Trinajstić information content (AvgIpc) is 3.48. The maximum absolute atomic E-state index is 14.0. The van der Waals surface area contributed by atoms with Crippen LogP contribution >= 0.6 is 0 Å². The number of aryl methyl sites for hydroxylation is 2. The summed E-state index contributed by atoms with van der Waals surface area (Å²) >= 11 is 0. The summed E-state index contributed by atoms with van der Waals surface area (Å²) in [6, 6.07) is 5.91. The van der Waals surface area contributed by atoms with E-state index in [1.807, 2.05) is 25.3 Å². The Morgan fingerprint density at radius 2 is 1.90 bits per heavy atom. The van der Waals surface area contributed by atoms with Crippen LogP contribution in [-0.4, -0.2) is 113 Å². The van der Waals surface area contributed by atoms with E-state index >= 15 is 0 Å². The van der Waals surface area contributed by atoms with E-state index in [4.69, 9.17) is 9.47 Å². The minimum Gasteiger partial charge on any atom is -0.465 e. The van der Waals surface area contributed by atoms with Gasteiger partial charge < -0.3 is 33.8 Å². The van der Waals surface area contributed by atoms with Gasteiger partial charge in [-0.1, -0.05) is 26.0 Å². The second-order valence-corrected chi connectivity index (χ2v) is 11.8. The minimum absolute atomic E-state index is 0.0759. The molecule has 11 nitrogen and oxygen atoms in total. The Hall–Kier alpha value is -3.44. The molecular weight excluding hydrogens is 538 g/mol. The summed E-state index contributed by atoms with van der Waals surface area (Å²) in [5.41, 5.74) is 3.54. The van der Waals surface area contributed by atoms with Gasteiger partial charge in [-0.2, -0.15) is 0 Å². The Bertz CT molecular complexity index is 1220. The van der Waals surface area contributed by atoms with Crippen molar-refractivity contribution in [3.8, 4) is 5.69 Å². The number of benzene rings is 1. The van der Waals surface area contributed by atoms with E-state index in [1.54, 1.807) is 29.4 Å². The van der Waals surface area contributed by atoms with Crippen LogP contribution in [-0.2, 0) is 20.7 Å². The van der Waals surface area contributed by atoms with Crippen molar-refractivity contribution >= 4 is 17.9 Å². The van der Waals surface area contributed by atoms with Gasteiger partial charge in [0.05, 0.1) is 25.2 Å². The average molecular weight is 584 g/mol. The highest BCUT2D eigenvalue weighted by Crippen LogP contribution is 2.26. The van der Waals surface area contributed by atoms with Crippen molar-refractivity contribution in [2.45, 2.75) is 52.5 Å². The summed E-state index contributed by atoms with van der Waals surface area (Å²) in [6.45, 7) is 9.47. The quantitative estimate of drug-likeness (QED) is 0.403. The molecule has 2 saturated heterocycles. The van der Waals surface area contributed by atoms with E-state index in [-0.39, 0.29) is 30.8 Å². The highest BCUT2D eigenvalue weighted by Gasteiger charge is 2.40. The number of likely N-dealkylation sites (tertiary alicyclic amines) is 1. The van der Waals surface area contributed by atoms with Crippen LogP contribution in [0.25, 0.3) is 5.69 Å². The van der Waals surface area contributed by atoms with E-state index in [1.165, 1.54) is 10.5 Å². The molecule has 2 fully saturated rings. The normalized spacial score (nSPS) is 19.3. The summed E-state index contributed by atoms with van der Waals surface area (Å²) in [6.07, 6.45) is 5.69. The number of amides is 3. The van der Waals surface area contributed by atoms with Crippen molar-refractivity contribution < 1.29 is 29.0 Å². The molecule has 230 valence electrons. The van der Waals surface area contributed by atoms with Gasteiger partial charge in [0.2, 0.25) is 5.91 Å². The van der Waals surface area contributed by atoms with Crippen molar-refractivity contribution in [2.75, 3.05) is 59.7 Å². The Kier molecular flexibility index (Phi) is 11.0. The van der Waals surface area contributed by atoms with E-state index in [2.05, 4.69) is 23.2 Å². The van der Waals surface area contributed by atoms with Gasteiger partial charge in [-0.15, -0.1) is 0 Å². The molecule has 1 N–H and O–H groups in total. The zero-order chi connectivity index (χ0) is 30.2. The van der Waals surface area contributed by atoms with Gasteiger partial charge in [0.25, 0.3) is 5.91 Å². The predicted molar refractivity (Wildman–Crippen MR) is 158 cm³/mol. The monoisotopic (exact) mass is 583 g/mol. The molecule has 11 heteroatoms. The van der Waals surface area contributed by atoms with Gasteiger partial charge in [0, 0.05) is 58.3 Å². The summed E-state index contributed by atoms with van der Waals surface area (Å²) in [7, 11) is 1.71. The lowest BCUT2D eigenvalue weighted by Crippen LogP contribution is -2.58. The number of piperidine rings is 1. The van der Waals surface area contributed by atoms with Gasteiger partial charge in [0.15, 0.2) is 0 Å². The fraction of sp³-hybridized carbons (Fsp3) is 0.613. The molecule has 0 bridgehead atoms. The number of rotatable bonds is 11. The van der Waals surface area contributed by atoms with Crippen molar-refractivity contribution in [2.24, 2.45) is 11.8 Å². The number of morpholine rings is 1. The first-order chi connectivity index (χ1) is 20.2. The van der Waals surface area contributed by atoms with Crippen LogP contribution in [0.15, 0.2) is 30.7 Å². The van der Waals surface area contributed by atoms with Crippen LogP contribution in [0.4, 0.5) is 4.79 Å². The zero-order valence-corrected chi connectivity index (χ0v) is 25.3. The lowest BCUT2D eigenvalue weighted by Gasteiger charge is -2.43. The molecule has 3 heterocycles. The molecule has 0 aliphatic carbocycles. The van der Waals surface area contributed by atoms with Crippen LogP contribution in [0, 0.1) is 18.8 Å². The number of ether oxygens (including phenoxy) is 2. The third-order valence-corrected chi connectivity index (χ3v) is 8.05. The molecule has 0 unspecified atom stereocenters. The van der Waals surface area contributed by atoms with Gasteiger partial charge in [0.1, 0.15) is 12.0 Å². The second kappa shape index (κ2) is 14.6. The van der Waals surface area contributed by atoms with Crippen LogP contribution in [0.1, 0.15) is 54.7 Å². The van der Waals surface area contributed by atoms with Crippen molar-refractivity contribution in [1.82, 2.24) is 24.3 Å². The summed E-state index contributed by atoms with van der Waals surface area (Å²) < 4.78 is 12.4. The lowest BCUT2D eigenvalue weighted by molar-refractivity contribution is -0.142. The number of aromatic nitrogens is 2. The van der Waals surface area contributed by atoms with Gasteiger partial charge in [-0.3, -0.25) is 9.59 Å². The van der Waals surface area contributed by atoms with Crippen LogP contribution in [0.2, 0.25) is 0 Å². The first-order valence-corrected chi connectivity index (χ1v) is 15.0. The molecular formula is C31H45N5O6. The number of hydrogen-bond donors (Lipinski definition) is 1. The second-order valence-electron chi connectivity index (χ2n) is 11.8. The molecule has 1 aromatic carbocycles. The van der Waals surface area contributed by atoms with E-state index in [0.717, 1.165) is 37.1 Å². The molecule has 0 radical (unpaired) electrons. The maximum Gasteiger partial charge on any atom is 0.407 e. The fourth-order valence-corrected chi connectivity index (χ4v) is 5.84. The van der Waals surface area contributed by atoms with Crippen molar-refractivity contribution in [3.05, 3.63) is 47.5 Å². The standard InChI is InChI=1S/C31H45N5O6/c1-22(2)17-36(26-16-25(18-34(19-26)31(39)40)29(37)33-10-13-42-14-11-33)30(38)27-20-35(21-32-27)28-15-24(9-8-23(28)3)7-5-6-12-41-4/h8-9,15,20-22,25-26H,5-7,10-14,16-19H2,1-4H3,(H,39,40)/t25-,26+/m1/s1. The summed E-state index contributed by atoms with van der Waals surface area (Å²) in [5.74, 6) is -0.715. The summed E-state index contributed by atoms with van der Waals surface area (Å²) in [4.78, 5) is 48.7. The number of methoxy groups -OCH3 is 1. The number of unbranched alkanes of at least 4 members (excludes halogenated alkanes) is 1. The molecule has 2 aromatic rings. The maximum atomic E-state index is 14.0. The molecule has 4 rings (SSSR count). The number of imidazole rings is 1. The van der Waals surface area contributed by atoms with Gasteiger partial charge in [-0.25, -0.2) is 9.78 Å². The highest BCUT2D eigenvalue weighted by atomic mass is 16.5. The number of carbonyl (C=O) groups is 3. The third-order valence-electron chi connectivity index (χ3n) is 8.05. The number of carbonyl (C=O) groups excluding carboxylic acids is 2. The van der Waals surface area contributed by atoms with Crippen molar-refractivity contribution in [1.29, 1.82) is 0 Å². The Morgan fingerprint density at radius 1 is 1.14 bits per heavy atom. The molecule has 1 aromatic heterocycles.